The molecule has 3 aromatic rings. The topological polar surface area (TPSA) is 40.5 Å². The fourth-order valence-electron chi connectivity index (χ4n) is 4.85. The Balaban J connectivity index is 2.41. The lowest BCUT2D eigenvalue weighted by molar-refractivity contribution is 0.422. The molecule has 2 N–H and O–H groups in total. The van der Waals surface area contributed by atoms with E-state index in [0.717, 1.165) is 44.5 Å². The maximum Gasteiger partial charge on any atom is 0.123 e. The van der Waals surface area contributed by atoms with Crippen molar-refractivity contribution in [3.05, 3.63) is 70.8 Å². The van der Waals surface area contributed by atoms with Gasteiger partial charge >= 0.3 is 0 Å². The highest BCUT2D eigenvalue weighted by Gasteiger charge is 2.29. The van der Waals surface area contributed by atoms with Gasteiger partial charge in [0, 0.05) is 22.3 Å². The molecule has 0 fully saturated rings. The second kappa shape index (κ2) is 8.98. The standard InChI is InChI=1S/C34H46O2/c1-31(2,3)25-17-21(18-26(29(25)35)32(4,5)6)23-15-13-14-16-24(23)22-19-27(33(7,8)9)30(36)28(20-22)34(10,11)12/h13-20,35-36H,1-12H3. The van der Waals surface area contributed by atoms with Crippen molar-refractivity contribution in [2.45, 2.75) is 105 Å². The van der Waals surface area contributed by atoms with Crippen LogP contribution in [0.3, 0.4) is 0 Å². The Morgan fingerprint density at radius 1 is 0.417 bits per heavy atom. The van der Waals surface area contributed by atoms with Crippen LogP contribution >= 0.6 is 0 Å². The normalized spacial score (nSPS) is 13.2. The first-order chi connectivity index (χ1) is 16.2. The molecule has 0 aliphatic rings. The highest BCUT2D eigenvalue weighted by Crippen LogP contribution is 2.46. The molecule has 0 aliphatic heterocycles. The van der Waals surface area contributed by atoms with Crippen molar-refractivity contribution in [2.24, 2.45) is 0 Å². The van der Waals surface area contributed by atoms with Gasteiger partial charge in [0.15, 0.2) is 0 Å². The molecule has 0 aromatic heterocycles. The molecule has 36 heavy (non-hydrogen) atoms. The van der Waals surface area contributed by atoms with E-state index in [1.165, 1.54) is 0 Å². The SMILES string of the molecule is CC(C)(C)c1cc(-c2ccccc2-c2cc(C(C)(C)C)c(O)c(C(C)(C)C)c2)cc(C(C)(C)C)c1O. The largest absolute Gasteiger partial charge is 0.507 e. The van der Waals surface area contributed by atoms with Gasteiger partial charge in [-0.15, -0.1) is 0 Å². The van der Waals surface area contributed by atoms with Crippen molar-refractivity contribution in [2.75, 3.05) is 0 Å². The first-order valence-corrected chi connectivity index (χ1v) is 13.1. The maximum atomic E-state index is 11.3. The number of hydrogen-bond donors (Lipinski definition) is 2. The van der Waals surface area contributed by atoms with Crippen LogP contribution < -0.4 is 0 Å². The summed E-state index contributed by atoms with van der Waals surface area (Å²) in [6.45, 7) is 25.8. The van der Waals surface area contributed by atoms with Crippen molar-refractivity contribution in [1.29, 1.82) is 0 Å². The molecule has 0 radical (unpaired) electrons. The third-order valence-electron chi connectivity index (χ3n) is 7.00. The van der Waals surface area contributed by atoms with E-state index in [1.54, 1.807) is 0 Å². The van der Waals surface area contributed by atoms with Crippen LogP contribution in [0.25, 0.3) is 22.3 Å². The molecular formula is C34H46O2. The summed E-state index contributed by atoms with van der Waals surface area (Å²) in [6, 6.07) is 17.1. The Kier molecular flexibility index (Phi) is 6.94. The summed E-state index contributed by atoms with van der Waals surface area (Å²) in [4.78, 5) is 0. The molecule has 194 valence electrons. The average molecular weight is 487 g/mol. The molecule has 0 heterocycles. The molecule has 2 nitrogen and oxygen atoms in total. The van der Waals surface area contributed by atoms with Gasteiger partial charge in [0.25, 0.3) is 0 Å². The Hall–Kier alpha value is -2.74. The van der Waals surface area contributed by atoms with E-state index in [2.05, 4.69) is 132 Å². The van der Waals surface area contributed by atoms with Crippen LogP contribution in [-0.2, 0) is 21.7 Å². The number of aromatic hydroxyl groups is 2. The van der Waals surface area contributed by atoms with Crippen LogP contribution in [0.5, 0.6) is 11.5 Å². The molecule has 0 bridgehead atoms. The van der Waals surface area contributed by atoms with Gasteiger partial charge in [-0.3, -0.25) is 0 Å². The maximum absolute atomic E-state index is 11.3. The van der Waals surface area contributed by atoms with E-state index in [4.69, 9.17) is 0 Å². The fraction of sp³-hybridized carbons (Fsp3) is 0.471. The minimum absolute atomic E-state index is 0.202. The Morgan fingerprint density at radius 2 is 0.639 bits per heavy atom. The van der Waals surface area contributed by atoms with E-state index in [-0.39, 0.29) is 21.7 Å². The lowest BCUT2D eigenvalue weighted by Gasteiger charge is -2.29. The number of benzene rings is 3. The van der Waals surface area contributed by atoms with Crippen molar-refractivity contribution in [3.8, 4) is 33.8 Å². The monoisotopic (exact) mass is 486 g/mol. The minimum atomic E-state index is -0.202. The van der Waals surface area contributed by atoms with Crippen LogP contribution in [0, 0.1) is 0 Å². The summed E-state index contributed by atoms with van der Waals surface area (Å²) in [5.74, 6) is 0.789. The first kappa shape index (κ1) is 27.8. The molecule has 0 unspecified atom stereocenters. The lowest BCUT2D eigenvalue weighted by atomic mass is 9.76. The first-order valence-electron chi connectivity index (χ1n) is 13.1. The van der Waals surface area contributed by atoms with Gasteiger partial charge in [-0.2, -0.15) is 0 Å². The zero-order valence-electron chi connectivity index (χ0n) is 24.5. The van der Waals surface area contributed by atoms with Crippen LogP contribution in [0.4, 0.5) is 0 Å². The van der Waals surface area contributed by atoms with Gasteiger partial charge in [0.05, 0.1) is 0 Å². The zero-order valence-corrected chi connectivity index (χ0v) is 24.5. The zero-order chi connectivity index (χ0) is 27.4. The molecule has 2 heteroatoms. The molecular weight excluding hydrogens is 440 g/mol. The summed E-state index contributed by atoms with van der Waals surface area (Å²) in [7, 11) is 0. The van der Waals surface area contributed by atoms with Gasteiger partial charge in [0.2, 0.25) is 0 Å². The highest BCUT2D eigenvalue weighted by atomic mass is 16.3. The van der Waals surface area contributed by atoms with E-state index in [0.29, 0.717) is 11.5 Å². The molecule has 0 saturated heterocycles. The molecule has 0 saturated carbocycles. The van der Waals surface area contributed by atoms with E-state index >= 15 is 0 Å². The summed E-state index contributed by atoms with van der Waals surface area (Å²) in [6.07, 6.45) is 0. The quantitative estimate of drug-likeness (QED) is 0.378. The van der Waals surface area contributed by atoms with E-state index < -0.39 is 0 Å². The average Bonchev–Trinajstić information content (AvgIpc) is 2.70. The van der Waals surface area contributed by atoms with Crippen LogP contribution in [0.1, 0.15) is 105 Å². The number of hydrogen-bond acceptors (Lipinski definition) is 2. The Labute approximate surface area is 219 Å². The summed E-state index contributed by atoms with van der Waals surface area (Å²) >= 11 is 0. The van der Waals surface area contributed by atoms with Gasteiger partial charge in [-0.05, 0) is 68.2 Å². The van der Waals surface area contributed by atoms with Crippen LogP contribution in [-0.4, -0.2) is 10.2 Å². The predicted molar refractivity (Wildman–Crippen MR) is 155 cm³/mol. The summed E-state index contributed by atoms with van der Waals surface area (Å²) in [5.41, 5.74) is 7.46. The van der Waals surface area contributed by atoms with E-state index in [1.807, 2.05) is 0 Å². The molecule has 3 aromatic carbocycles. The second-order valence-corrected chi connectivity index (χ2v) is 14.4. The molecule has 3 rings (SSSR count). The molecule has 0 atom stereocenters. The van der Waals surface area contributed by atoms with Crippen molar-refractivity contribution in [3.63, 3.8) is 0 Å². The molecule has 0 amide bonds. The smallest absolute Gasteiger partial charge is 0.123 e. The highest BCUT2D eigenvalue weighted by molar-refractivity contribution is 5.85. The van der Waals surface area contributed by atoms with Crippen LogP contribution in [0.15, 0.2) is 48.5 Å². The number of phenols is 2. The van der Waals surface area contributed by atoms with Crippen molar-refractivity contribution >= 4 is 0 Å². The summed E-state index contributed by atoms with van der Waals surface area (Å²) in [5, 5.41) is 22.5. The molecule has 0 aliphatic carbocycles. The number of phenolic OH excluding ortho intramolecular Hbond substituents is 2. The Bertz CT molecular complexity index is 1100. The Morgan fingerprint density at radius 3 is 0.833 bits per heavy atom. The van der Waals surface area contributed by atoms with E-state index in [9.17, 15) is 10.2 Å². The van der Waals surface area contributed by atoms with Gasteiger partial charge < -0.3 is 10.2 Å². The number of rotatable bonds is 2. The van der Waals surface area contributed by atoms with Crippen molar-refractivity contribution in [1.82, 2.24) is 0 Å². The third kappa shape index (κ3) is 5.48. The van der Waals surface area contributed by atoms with Crippen LogP contribution in [0.2, 0.25) is 0 Å². The van der Waals surface area contributed by atoms with Gasteiger partial charge in [0.1, 0.15) is 11.5 Å². The predicted octanol–water partition coefficient (Wildman–Crippen LogP) is 9.62. The van der Waals surface area contributed by atoms with Gasteiger partial charge in [-0.25, -0.2) is 0 Å². The minimum Gasteiger partial charge on any atom is -0.507 e. The van der Waals surface area contributed by atoms with Crippen molar-refractivity contribution < 1.29 is 10.2 Å². The lowest BCUT2D eigenvalue weighted by Crippen LogP contribution is -2.18. The summed E-state index contributed by atoms with van der Waals surface area (Å²) < 4.78 is 0. The van der Waals surface area contributed by atoms with Gasteiger partial charge in [-0.1, -0.05) is 107 Å². The third-order valence-corrected chi connectivity index (χ3v) is 7.00. The fourth-order valence-corrected chi connectivity index (χ4v) is 4.85. The second-order valence-electron chi connectivity index (χ2n) is 14.4. The molecule has 0 spiro atoms.